The molecule has 4 rings (SSSR count). The highest BCUT2D eigenvalue weighted by molar-refractivity contribution is 7.03. The highest BCUT2D eigenvalue weighted by Gasteiger charge is 2.13. The van der Waals surface area contributed by atoms with Gasteiger partial charge in [-0.3, -0.25) is 4.68 Å². The monoisotopic (exact) mass is 352 g/mol. The van der Waals surface area contributed by atoms with E-state index < -0.39 is 0 Å². The Labute approximate surface area is 148 Å². The number of aromatic nitrogens is 5. The Bertz CT molecular complexity index is 1040. The van der Waals surface area contributed by atoms with Crippen molar-refractivity contribution < 1.29 is 4.74 Å². The van der Waals surface area contributed by atoms with Crippen molar-refractivity contribution in [2.75, 3.05) is 12.8 Å². The molecule has 2 N–H and O–H groups in total. The maximum Gasteiger partial charge on any atom is 0.187 e. The number of ether oxygens (including phenoxy) is 1. The summed E-state index contributed by atoms with van der Waals surface area (Å²) in [5.41, 5.74) is 9.53. The zero-order valence-electron chi connectivity index (χ0n) is 13.8. The van der Waals surface area contributed by atoms with E-state index in [-0.39, 0.29) is 0 Å². The Morgan fingerprint density at radius 1 is 1.24 bits per heavy atom. The molecule has 0 radical (unpaired) electrons. The van der Waals surface area contributed by atoms with Crippen molar-refractivity contribution in [3.8, 4) is 17.3 Å². The number of hydrogen-bond acceptors (Lipinski definition) is 7. The van der Waals surface area contributed by atoms with Crippen LogP contribution >= 0.6 is 11.5 Å². The molecular formula is C17H16N6OS. The number of methoxy groups -OCH3 is 1. The van der Waals surface area contributed by atoms with Crippen LogP contribution in [0.25, 0.3) is 22.6 Å². The molecule has 0 aliphatic carbocycles. The molecule has 0 fully saturated rings. The molecule has 3 heterocycles. The third-order valence-corrected chi connectivity index (χ3v) is 4.46. The van der Waals surface area contributed by atoms with E-state index in [9.17, 15) is 0 Å². The Balaban J connectivity index is 1.73. The number of hydrogen-bond donors (Lipinski definition) is 1. The first-order chi connectivity index (χ1) is 12.1. The van der Waals surface area contributed by atoms with Crippen molar-refractivity contribution >= 4 is 28.4 Å². The molecule has 0 spiro atoms. The largest absolute Gasteiger partial charge is 0.496 e. The van der Waals surface area contributed by atoms with Gasteiger partial charge in [0.25, 0.3) is 0 Å². The number of rotatable bonds is 4. The third kappa shape index (κ3) is 2.91. The second-order valence-electron chi connectivity index (χ2n) is 5.70. The average Bonchev–Trinajstić information content (AvgIpc) is 3.26. The van der Waals surface area contributed by atoms with E-state index >= 15 is 0 Å². The number of anilines is 1. The van der Waals surface area contributed by atoms with Gasteiger partial charge in [0.1, 0.15) is 17.3 Å². The van der Waals surface area contributed by atoms with Crippen molar-refractivity contribution in [3.05, 3.63) is 47.0 Å². The molecule has 0 saturated carbocycles. The highest BCUT2D eigenvalue weighted by atomic mass is 32.1. The highest BCUT2D eigenvalue weighted by Crippen LogP contribution is 2.24. The van der Waals surface area contributed by atoms with E-state index in [2.05, 4.69) is 25.5 Å². The Morgan fingerprint density at radius 3 is 2.88 bits per heavy atom. The summed E-state index contributed by atoms with van der Waals surface area (Å²) in [6.45, 7) is 2.59. The van der Waals surface area contributed by atoms with Crippen LogP contribution in [0.4, 0.5) is 5.82 Å². The lowest BCUT2D eigenvalue weighted by Gasteiger charge is -2.09. The van der Waals surface area contributed by atoms with Crippen LogP contribution in [0.5, 0.6) is 5.75 Å². The van der Waals surface area contributed by atoms with Gasteiger partial charge in [-0.05, 0) is 36.2 Å². The van der Waals surface area contributed by atoms with Gasteiger partial charge in [-0.2, -0.15) is 9.47 Å². The van der Waals surface area contributed by atoms with E-state index in [1.54, 1.807) is 11.8 Å². The molecule has 0 saturated heterocycles. The van der Waals surface area contributed by atoms with Crippen LogP contribution in [0, 0.1) is 6.92 Å². The van der Waals surface area contributed by atoms with Crippen LogP contribution in [0.2, 0.25) is 0 Å². The summed E-state index contributed by atoms with van der Waals surface area (Å²) in [6.07, 6.45) is 1.86. The zero-order chi connectivity index (χ0) is 17.4. The summed E-state index contributed by atoms with van der Waals surface area (Å²) in [5.74, 6) is 1.72. The van der Waals surface area contributed by atoms with Gasteiger partial charge in [0, 0.05) is 17.1 Å². The van der Waals surface area contributed by atoms with Gasteiger partial charge in [-0.25, -0.2) is 9.97 Å². The van der Waals surface area contributed by atoms with Gasteiger partial charge in [0.2, 0.25) is 0 Å². The van der Waals surface area contributed by atoms with Crippen LogP contribution in [-0.2, 0) is 6.54 Å². The van der Waals surface area contributed by atoms with Crippen molar-refractivity contribution in [2.24, 2.45) is 0 Å². The van der Waals surface area contributed by atoms with Crippen LogP contribution in [0.1, 0.15) is 11.1 Å². The minimum absolute atomic E-state index is 0.398. The molecule has 0 aliphatic heterocycles. The molecule has 4 aromatic rings. The van der Waals surface area contributed by atoms with Gasteiger partial charge < -0.3 is 10.5 Å². The second-order valence-corrected chi connectivity index (χ2v) is 6.36. The van der Waals surface area contributed by atoms with Gasteiger partial charge in [-0.15, -0.1) is 0 Å². The number of nitrogens with two attached hydrogens (primary N) is 1. The van der Waals surface area contributed by atoms with E-state index in [1.807, 2.05) is 36.7 Å². The van der Waals surface area contributed by atoms with Crippen LogP contribution in [0.3, 0.4) is 0 Å². The van der Waals surface area contributed by atoms with Crippen molar-refractivity contribution in [2.45, 2.75) is 13.5 Å². The number of fused-ring (bicyclic) bond motifs is 1. The molecule has 0 unspecified atom stereocenters. The maximum absolute atomic E-state index is 6.09. The fraction of sp³-hybridized carbons (Fsp3) is 0.176. The average molecular weight is 352 g/mol. The summed E-state index contributed by atoms with van der Waals surface area (Å²) in [4.78, 5) is 8.83. The lowest BCUT2D eigenvalue weighted by Crippen LogP contribution is -2.02. The fourth-order valence-corrected chi connectivity index (χ4v) is 3.16. The summed E-state index contributed by atoms with van der Waals surface area (Å²) in [6, 6.07) is 7.96. The SMILES string of the molecule is COc1cc(C)ccc1Cn1cc2c(N)nc(-c3ccsn3)nc2n1. The fourth-order valence-electron chi connectivity index (χ4n) is 2.65. The predicted octanol–water partition coefficient (Wildman–Crippen LogP) is 2.90. The summed E-state index contributed by atoms with van der Waals surface area (Å²) in [7, 11) is 1.67. The zero-order valence-corrected chi connectivity index (χ0v) is 14.6. The molecule has 126 valence electrons. The summed E-state index contributed by atoms with van der Waals surface area (Å²) < 4.78 is 11.5. The number of nitrogen functional groups attached to an aromatic ring is 1. The predicted molar refractivity (Wildman–Crippen MR) is 97.7 cm³/mol. The normalized spacial score (nSPS) is 11.1. The quantitative estimate of drug-likeness (QED) is 0.607. The molecule has 0 amide bonds. The third-order valence-electron chi connectivity index (χ3n) is 3.90. The standard InChI is InChI=1S/C17H16N6OS/c1-10-3-4-11(14(7-10)24-2)8-23-9-12-15(18)19-17(20-16(12)21-23)13-5-6-25-22-13/h3-7,9H,8H2,1-2H3,(H2,18,19,20,21). The number of aryl methyl sites for hydroxylation is 1. The molecule has 0 aliphatic rings. The first-order valence-corrected chi connectivity index (χ1v) is 8.52. The molecule has 8 heteroatoms. The first-order valence-electron chi connectivity index (χ1n) is 7.69. The van der Waals surface area contributed by atoms with E-state index in [0.29, 0.717) is 29.5 Å². The minimum atomic E-state index is 0.398. The van der Waals surface area contributed by atoms with E-state index in [0.717, 1.165) is 22.3 Å². The van der Waals surface area contributed by atoms with Crippen molar-refractivity contribution in [1.82, 2.24) is 24.1 Å². The van der Waals surface area contributed by atoms with Gasteiger partial charge in [0.05, 0.1) is 19.0 Å². The second kappa shape index (κ2) is 6.14. The van der Waals surface area contributed by atoms with Crippen molar-refractivity contribution in [3.63, 3.8) is 0 Å². The summed E-state index contributed by atoms with van der Waals surface area (Å²) >= 11 is 1.35. The topological polar surface area (TPSA) is 91.7 Å². The van der Waals surface area contributed by atoms with Crippen LogP contribution < -0.4 is 10.5 Å². The summed E-state index contributed by atoms with van der Waals surface area (Å²) in [5, 5.41) is 7.15. The number of benzene rings is 1. The molecule has 1 aromatic carbocycles. The molecule has 0 bridgehead atoms. The van der Waals surface area contributed by atoms with Crippen molar-refractivity contribution in [1.29, 1.82) is 0 Å². The Kier molecular flexibility index (Phi) is 3.81. The Hall–Kier alpha value is -3.00. The molecule has 0 atom stereocenters. The van der Waals surface area contributed by atoms with Gasteiger partial charge in [-0.1, -0.05) is 12.1 Å². The van der Waals surface area contributed by atoms with Crippen LogP contribution in [-0.4, -0.2) is 31.2 Å². The molecule has 25 heavy (non-hydrogen) atoms. The first kappa shape index (κ1) is 15.5. The van der Waals surface area contributed by atoms with E-state index in [1.165, 1.54) is 11.5 Å². The van der Waals surface area contributed by atoms with Crippen LogP contribution in [0.15, 0.2) is 35.8 Å². The smallest absolute Gasteiger partial charge is 0.187 e. The van der Waals surface area contributed by atoms with Gasteiger partial charge >= 0.3 is 0 Å². The molecular weight excluding hydrogens is 336 g/mol. The Morgan fingerprint density at radius 2 is 2.12 bits per heavy atom. The molecule has 7 nitrogen and oxygen atoms in total. The molecule has 3 aromatic heterocycles. The van der Waals surface area contributed by atoms with Gasteiger partial charge in [0.15, 0.2) is 11.5 Å². The lowest BCUT2D eigenvalue weighted by atomic mass is 10.1. The minimum Gasteiger partial charge on any atom is -0.496 e. The maximum atomic E-state index is 6.09. The van der Waals surface area contributed by atoms with E-state index in [4.69, 9.17) is 10.5 Å². The number of nitrogens with zero attached hydrogens (tertiary/aromatic N) is 5. The lowest BCUT2D eigenvalue weighted by molar-refractivity contribution is 0.407.